The van der Waals surface area contributed by atoms with Crippen molar-refractivity contribution in [3.63, 3.8) is 0 Å². The molecule has 0 radical (unpaired) electrons. The zero-order valence-electron chi connectivity index (χ0n) is 9.72. The Morgan fingerprint density at radius 1 is 1.59 bits per heavy atom. The van der Waals surface area contributed by atoms with Crippen LogP contribution in [0.4, 0.5) is 5.69 Å². The molecule has 5 heteroatoms. The third-order valence-electron chi connectivity index (χ3n) is 2.33. The molecule has 0 aliphatic heterocycles. The lowest BCUT2D eigenvalue weighted by atomic mass is 10.4. The molecule has 0 unspecified atom stereocenters. The van der Waals surface area contributed by atoms with Crippen molar-refractivity contribution in [1.82, 2.24) is 9.47 Å². The molecule has 0 saturated heterocycles. The van der Waals surface area contributed by atoms with Crippen LogP contribution in [0.5, 0.6) is 0 Å². The molecule has 0 bridgehead atoms. The molecule has 1 aromatic heterocycles. The summed E-state index contributed by atoms with van der Waals surface area (Å²) in [5.41, 5.74) is 5.74. The molecule has 1 rings (SSSR count). The van der Waals surface area contributed by atoms with Crippen LogP contribution in [0.25, 0.3) is 0 Å². The molecule has 90 valence electrons. The van der Waals surface area contributed by atoms with Gasteiger partial charge in [0.15, 0.2) is 0 Å². The Morgan fingerprint density at radius 3 is 2.88 bits per heavy atom. The van der Waals surface area contributed by atoms with Crippen LogP contribution in [0.2, 0.25) is 0 Å². The predicted molar refractivity (Wildman–Crippen MR) is 66.2 cm³/mol. The number of hydrogen-bond donors (Lipinski definition) is 1. The maximum Gasteiger partial charge on any atom is 0.251 e. The van der Waals surface area contributed by atoms with Gasteiger partial charge < -0.3 is 15.2 Å². The molecule has 1 aromatic rings. The minimum Gasteiger partial charge on any atom is -0.398 e. The first-order valence-corrected chi connectivity index (χ1v) is 5.25. The van der Waals surface area contributed by atoms with Gasteiger partial charge in [-0.15, -0.1) is 6.42 Å². The van der Waals surface area contributed by atoms with E-state index in [1.807, 2.05) is 6.92 Å². The fraction of sp³-hybridized carbons (Fsp3) is 0.333. The average molecular weight is 233 g/mol. The summed E-state index contributed by atoms with van der Waals surface area (Å²) in [5, 5.41) is 0. The zero-order chi connectivity index (χ0) is 12.8. The number of carbonyl (C=O) groups excluding carboxylic acids is 1. The van der Waals surface area contributed by atoms with Gasteiger partial charge >= 0.3 is 0 Å². The topological polar surface area (TPSA) is 68.3 Å². The van der Waals surface area contributed by atoms with Gasteiger partial charge in [-0.25, -0.2) is 0 Å². The number of aromatic nitrogens is 1. The highest BCUT2D eigenvalue weighted by Crippen LogP contribution is 1.97. The van der Waals surface area contributed by atoms with E-state index in [9.17, 15) is 9.59 Å². The minimum atomic E-state index is -0.260. The number of amides is 1. The van der Waals surface area contributed by atoms with E-state index in [1.165, 1.54) is 27.8 Å². The summed E-state index contributed by atoms with van der Waals surface area (Å²) in [6, 6.07) is 2.84. The van der Waals surface area contributed by atoms with Crippen LogP contribution in [0.3, 0.4) is 0 Å². The Labute approximate surface area is 99.8 Å². The third kappa shape index (κ3) is 3.38. The maximum atomic E-state index is 11.8. The Balaban J connectivity index is 2.84. The summed E-state index contributed by atoms with van der Waals surface area (Å²) in [7, 11) is 0. The van der Waals surface area contributed by atoms with Gasteiger partial charge in [0.25, 0.3) is 5.56 Å². The highest BCUT2D eigenvalue weighted by Gasteiger charge is 2.11. The van der Waals surface area contributed by atoms with Gasteiger partial charge in [0.1, 0.15) is 6.54 Å². The van der Waals surface area contributed by atoms with Crippen molar-refractivity contribution in [2.75, 3.05) is 18.8 Å². The van der Waals surface area contributed by atoms with E-state index < -0.39 is 0 Å². The van der Waals surface area contributed by atoms with Crippen molar-refractivity contribution in [2.45, 2.75) is 13.5 Å². The third-order valence-corrected chi connectivity index (χ3v) is 2.33. The zero-order valence-corrected chi connectivity index (χ0v) is 9.72. The van der Waals surface area contributed by atoms with E-state index in [4.69, 9.17) is 12.2 Å². The second kappa shape index (κ2) is 5.75. The maximum absolute atomic E-state index is 11.8. The monoisotopic (exact) mass is 233 g/mol. The summed E-state index contributed by atoms with van der Waals surface area (Å²) >= 11 is 0. The Morgan fingerprint density at radius 2 is 2.29 bits per heavy atom. The molecule has 1 heterocycles. The van der Waals surface area contributed by atoms with Gasteiger partial charge in [-0.1, -0.05) is 5.92 Å². The van der Waals surface area contributed by atoms with Gasteiger partial charge in [-0.2, -0.15) is 0 Å². The first kappa shape index (κ1) is 12.8. The molecular weight excluding hydrogens is 218 g/mol. The quantitative estimate of drug-likeness (QED) is 0.739. The number of rotatable bonds is 4. The predicted octanol–water partition coefficient (Wildman–Crippen LogP) is -0.0878. The summed E-state index contributed by atoms with van der Waals surface area (Å²) in [6.45, 7) is 2.54. The first-order valence-electron chi connectivity index (χ1n) is 5.25. The van der Waals surface area contributed by atoms with E-state index >= 15 is 0 Å². The highest BCUT2D eigenvalue weighted by molar-refractivity contribution is 5.76. The van der Waals surface area contributed by atoms with Crippen LogP contribution in [-0.4, -0.2) is 28.5 Å². The van der Waals surface area contributed by atoms with Crippen molar-refractivity contribution >= 4 is 11.6 Å². The molecule has 0 saturated carbocycles. The lowest BCUT2D eigenvalue weighted by Gasteiger charge is -2.18. The average Bonchev–Trinajstić information content (AvgIpc) is 2.30. The molecule has 5 nitrogen and oxygen atoms in total. The smallest absolute Gasteiger partial charge is 0.251 e. The molecular formula is C12H15N3O2. The van der Waals surface area contributed by atoms with Crippen LogP contribution in [0, 0.1) is 12.3 Å². The first-order chi connectivity index (χ1) is 8.08. The van der Waals surface area contributed by atoms with Crippen molar-refractivity contribution in [1.29, 1.82) is 0 Å². The summed E-state index contributed by atoms with van der Waals surface area (Å²) in [6.07, 6.45) is 6.61. The van der Waals surface area contributed by atoms with Gasteiger partial charge in [0.05, 0.1) is 6.54 Å². The molecule has 0 aliphatic carbocycles. The van der Waals surface area contributed by atoms with Crippen LogP contribution in [0.1, 0.15) is 6.92 Å². The molecule has 0 spiro atoms. The van der Waals surface area contributed by atoms with Crippen LogP contribution in [-0.2, 0) is 11.3 Å². The molecule has 0 fully saturated rings. The number of hydrogen-bond acceptors (Lipinski definition) is 3. The molecule has 2 N–H and O–H groups in total. The molecule has 17 heavy (non-hydrogen) atoms. The summed E-state index contributed by atoms with van der Waals surface area (Å²) in [4.78, 5) is 24.8. The van der Waals surface area contributed by atoms with Gasteiger partial charge in [-0.05, 0) is 13.0 Å². The Hall–Kier alpha value is -2.22. The normalized spacial score (nSPS) is 9.65. The van der Waals surface area contributed by atoms with Crippen molar-refractivity contribution in [3.05, 3.63) is 28.7 Å². The lowest BCUT2D eigenvalue weighted by molar-refractivity contribution is -0.131. The van der Waals surface area contributed by atoms with Gasteiger partial charge in [-0.3, -0.25) is 9.59 Å². The van der Waals surface area contributed by atoms with E-state index in [1.54, 1.807) is 0 Å². The molecule has 0 atom stereocenters. The minimum absolute atomic E-state index is 0.0423. The number of nitrogen functional groups attached to an aromatic ring is 1. The highest BCUT2D eigenvalue weighted by atomic mass is 16.2. The van der Waals surface area contributed by atoms with Crippen molar-refractivity contribution in [3.8, 4) is 12.3 Å². The number of carbonyl (C=O) groups is 1. The summed E-state index contributed by atoms with van der Waals surface area (Å²) in [5.74, 6) is 2.21. The van der Waals surface area contributed by atoms with E-state index in [0.29, 0.717) is 12.2 Å². The van der Waals surface area contributed by atoms with Crippen LogP contribution < -0.4 is 11.3 Å². The van der Waals surface area contributed by atoms with Crippen molar-refractivity contribution in [2.24, 2.45) is 0 Å². The largest absolute Gasteiger partial charge is 0.398 e. The van der Waals surface area contributed by atoms with Crippen LogP contribution >= 0.6 is 0 Å². The Kier molecular flexibility index (Phi) is 4.35. The lowest BCUT2D eigenvalue weighted by Crippen LogP contribution is -2.36. The standard InChI is InChI=1S/C12H15N3O2/c1-3-7-14(4-2)12(17)9-15-8-10(13)5-6-11(15)16/h1,5-6,8H,4,7,9,13H2,2H3. The van der Waals surface area contributed by atoms with Crippen molar-refractivity contribution < 1.29 is 4.79 Å². The fourth-order valence-electron chi connectivity index (χ4n) is 1.41. The number of nitrogens with zero attached hydrogens (tertiary/aromatic N) is 2. The Bertz CT molecular complexity index is 499. The molecule has 0 aromatic carbocycles. The number of nitrogens with two attached hydrogens (primary N) is 1. The molecule has 0 aliphatic rings. The fourth-order valence-corrected chi connectivity index (χ4v) is 1.41. The summed E-state index contributed by atoms with van der Waals surface area (Å²) < 4.78 is 1.27. The van der Waals surface area contributed by atoms with Gasteiger partial charge in [0, 0.05) is 24.5 Å². The molecule has 1 amide bonds. The van der Waals surface area contributed by atoms with Crippen LogP contribution in [0.15, 0.2) is 23.1 Å². The van der Waals surface area contributed by atoms with E-state index in [2.05, 4.69) is 5.92 Å². The number of likely N-dealkylation sites (N-methyl/N-ethyl adjacent to an activating group) is 1. The second-order valence-corrected chi connectivity index (χ2v) is 3.54. The SMILES string of the molecule is C#CCN(CC)C(=O)Cn1cc(N)ccc1=O. The number of pyridine rings is 1. The van der Waals surface area contributed by atoms with E-state index in [0.717, 1.165) is 0 Å². The van der Waals surface area contributed by atoms with Gasteiger partial charge in [0.2, 0.25) is 5.91 Å². The number of terminal acetylenes is 1. The number of anilines is 1. The second-order valence-electron chi connectivity index (χ2n) is 3.54. The van der Waals surface area contributed by atoms with E-state index in [-0.39, 0.29) is 24.6 Å².